The molecule has 3 saturated heterocycles. The van der Waals surface area contributed by atoms with Gasteiger partial charge in [-0.3, -0.25) is 4.79 Å². The number of rotatable bonds is 5. The second-order valence-corrected chi connectivity index (χ2v) is 7.96. The molecule has 0 radical (unpaired) electrons. The summed E-state index contributed by atoms with van der Waals surface area (Å²) in [6, 6.07) is 7.47. The topological polar surface area (TPSA) is 68.3 Å². The Morgan fingerprint density at radius 2 is 1.84 bits per heavy atom. The molecule has 4 rings (SSSR count). The van der Waals surface area contributed by atoms with E-state index in [1.807, 2.05) is 0 Å². The highest BCUT2D eigenvalue weighted by Crippen LogP contribution is 2.51. The van der Waals surface area contributed by atoms with Gasteiger partial charge in [0.25, 0.3) is 0 Å². The summed E-state index contributed by atoms with van der Waals surface area (Å²) in [4.78, 5) is 12.8. The van der Waals surface area contributed by atoms with Crippen molar-refractivity contribution in [3.05, 3.63) is 29.8 Å². The molecule has 6 heteroatoms. The van der Waals surface area contributed by atoms with Crippen LogP contribution in [0.25, 0.3) is 0 Å². The van der Waals surface area contributed by atoms with Crippen molar-refractivity contribution in [2.45, 2.75) is 49.2 Å². The Hall–Kier alpha value is -1.63. The molecular formula is C19H26NO5+. The van der Waals surface area contributed by atoms with Crippen LogP contribution in [0.5, 0.6) is 5.75 Å². The maximum Gasteiger partial charge on any atom is 0.316 e. The van der Waals surface area contributed by atoms with Crippen molar-refractivity contribution in [2.24, 2.45) is 0 Å². The van der Waals surface area contributed by atoms with Crippen molar-refractivity contribution in [3.8, 4) is 5.75 Å². The Labute approximate surface area is 147 Å². The molecule has 5 unspecified atom stereocenters. The van der Waals surface area contributed by atoms with Crippen LogP contribution in [0.1, 0.15) is 24.3 Å². The molecule has 3 aliphatic heterocycles. The second kappa shape index (κ2) is 5.97. The molecule has 5 atom stereocenters. The SMILES string of the molecule is COCC(C(=O)OC1CC2C3OC3C(C1)[N+]2(C)C)c1ccc(O)cc1. The zero-order valence-corrected chi connectivity index (χ0v) is 14.9. The molecule has 0 saturated carbocycles. The molecule has 1 aromatic rings. The fraction of sp³-hybridized carbons (Fsp3) is 0.632. The van der Waals surface area contributed by atoms with Crippen molar-refractivity contribution in [1.82, 2.24) is 0 Å². The fourth-order valence-electron chi connectivity index (χ4n) is 4.72. The van der Waals surface area contributed by atoms with Crippen LogP contribution >= 0.6 is 0 Å². The summed E-state index contributed by atoms with van der Waals surface area (Å²) < 4.78 is 17.9. The quantitative estimate of drug-likeness (QED) is 0.495. The van der Waals surface area contributed by atoms with Gasteiger partial charge in [0.2, 0.25) is 0 Å². The van der Waals surface area contributed by atoms with E-state index in [0.717, 1.165) is 22.9 Å². The number of methoxy groups -OCH3 is 1. The van der Waals surface area contributed by atoms with Gasteiger partial charge in [-0.1, -0.05) is 12.1 Å². The number of nitrogens with zero attached hydrogens (tertiary/aromatic N) is 1. The number of morpholine rings is 1. The van der Waals surface area contributed by atoms with E-state index in [0.29, 0.717) is 24.3 Å². The number of quaternary nitrogens is 1. The van der Waals surface area contributed by atoms with Gasteiger partial charge in [0.05, 0.1) is 20.7 Å². The van der Waals surface area contributed by atoms with Crippen LogP contribution < -0.4 is 0 Å². The lowest BCUT2D eigenvalue weighted by atomic mass is 9.95. The number of piperidine rings is 1. The molecule has 25 heavy (non-hydrogen) atoms. The predicted octanol–water partition coefficient (Wildman–Crippen LogP) is 1.42. The van der Waals surface area contributed by atoms with E-state index in [4.69, 9.17) is 14.2 Å². The van der Waals surface area contributed by atoms with Crippen molar-refractivity contribution >= 4 is 5.97 Å². The summed E-state index contributed by atoms with van der Waals surface area (Å²) in [7, 11) is 6.09. The summed E-state index contributed by atoms with van der Waals surface area (Å²) in [5, 5.41) is 9.45. The average Bonchev–Trinajstić information content (AvgIpc) is 3.32. The molecule has 0 aromatic heterocycles. The van der Waals surface area contributed by atoms with Gasteiger partial charge in [0, 0.05) is 20.0 Å². The van der Waals surface area contributed by atoms with Gasteiger partial charge >= 0.3 is 5.97 Å². The number of carbonyl (C=O) groups is 1. The van der Waals surface area contributed by atoms with E-state index in [1.54, 1.807) is 31.4 Å². The number of epoxide rings is 1. The number of fused-ring (bicyclic) bond motifs is 5. The maximum atomic E-state index is 12.8. The van der Waals surface area contributed by atoms with E-state index in [9.17, 15) is 9.90 Å². The number of ether oxygens (including phenoxy) is 3. The number of likely N-dealkylation sites (N-methyl/N-ethyl adjacent to an activating group) is 1. The Balaban J connectivity index is 1.45. The molecule has 136 valence electrons. The van der Waals surface area contributed by atoms with Crippen molar-refractivity contribution in [1.29, 1.82) is 0 Å². The van der Waals surface area contributed by atoms with Gasteiger partial charge in [0.15, 0.2) is 0 Å². The number of carbonyl (C=O) groups excluding carboxylic acids is 1. The molecule has 0 spiro atoms. The van der Waals surface area contributed by atoms with Gasteiger partial charge in [-0.15, -0.1) is 0 Å². The van der Waals surface area contributed by atoms with Crippen molar-refractivity contribution < 1.29 is 28.6 Å². The Kier molecular flexibility index (Phi) is 4.02. The third-order valence-electron chi connectivity index (χ3n) is 6.23. The van der Waals surface area contributed by atoms with Crippen LogP contribution in [-0.4, -0.2) is 73.8 Å². The van der Waals surface area contributed by atoms with Crippen LogP contribution in [-0.2, 0) is 19.0 Å². The number of benzene rings is 1. The van der Waals surface area contributed by atoms with Gasteiger partial charge in [0.1, 0.15) is 42.1 Å². The van der Waals surface area contributed by atoms with Gasteiger partial charge in [-0.2, -0.15) is 0 Å². The largest absolute Gasteiger partial charge is 0.508 e. The van der Waals surface area contributed by atoms with Gasteiger partial charge in [-0.25, -0.2) is 0 Å². The van der Waals surface area contributed by atoms with E-state index in [2.05, 4.69) is 14.1 Å². The summed E-state index contributed by atoms with van der Waals surface area (Å²) in [5.41, 5.74) is 0.797. The first-order chi connectivity index (χ1) is 11.9. The number of hydrogen-bond donors (Lipinski definition) is 1. The maximum absolute atomic E-state index is 12.8. The Morgan fingerprint density at radius 3 is 2.40 bits per heavy atom. The highest BCUT2D eigenvalue weighted by molar-refractivity contribution is 5.78. The molecule has 0 aliphatic carbocycles. The van der Waals surface area contributed by atoms with Crippen LogP contribution in [0.3, 0.4) is 0 Å². The Bertz CT molecular complexity index is 638. The van der Waals surface area contributed by atoms with Crippen LogP contribution in [0.4, 0.5) is 0 Å². The summed E-state index contributed by atoms with van der Waals surface area (Å²) >= 11 is 0. The molecule has 1 aromatic carbocycles. The first kappa shape index (κ1) is 16.8. The third-order valence-corrected chi connectivity index (χ3v) is 6.23. The summed E-state index contributed by atoms with van der Waals surface area (Å²) in [6.07, 6.45) is 2.34. The van der Waals surface area contributed by atoms with E-state index < -0.39 is 5.92 Å². The summed E-state index contributed by atoms with van der Waals surface area (Å²) in [6.45, 7) is 0.263. The first-order valence-corrected chi connectivity index (χ1v) is 8.89. The van der Waals surface area contributed by atoms with Crippen LogP contribution in [0, 0.1) is 0 Å². The van der Waals surface area contributed by atoms with Crippen LogP contribution in [0.15, 0.2) is 24.3 Å². The lowest BCUT2D eigenvalue weighted by molar-refractivity contribution is -0.938. The molecule has 1 N–H and O–H groups in total. The third kappa shape index (κ3) is 2.82. The number of esters is 1. The minimum atomic E-state index is -0.474. The molecule has 3 fully saturated rings. The highest BCUT2D eigenvalue weighted by atomic mass is 16.6. The van der Waals surface area contributed by atoms with E-state index >= 15 is 0 Å². The lowest BCUT2D eigenvalue weighted by Gasteiger charge is -2.45. The number of aromatic hydroxyl groups is 1. The van der Waals surface area contributed by atoms with E-state index in [1.165, 1.54) is 0 Å². The predicted molar refractivity (Wildman–Crippen MR) is 90.2 cm³/mol. The van der Waals surface area contributed by atoms with E-state index in [-0.39, 0.29) is 24.4 Å². The Morgan fingerprint density at radius 1 is 1.24 bits per heavy atom. The number of hydrogen-bond acceptors (Lipinski definition) is 5. The average molecular weight is 348 g/mol. The monoisotopic (exact) mass is 348 g/mol. The number of phenolic OH excluding ortho intramolecular Hbond substituents is 1. The molecule has 3 heterocycles. The van der Waals surface area contributed by atoms with Gasteiger partial charge < -0.3 is 23.8 Å². The first-order valence-electron chi connectivity index (χ1n) is 8.89. The standard InChI is InChI=1S/C19H25NO5/c1-20(2)15-8-13(9-16(20)18-17(15)25-18)24-19(22)14(10-23-3)11-4-6-12(21)7-5-11/h4-7,13-18H,8-10H2,1-3H3/p+1. The molecule has 6 nitrogen and oxygen atoms in total. The van der Waals surface area contributed by atoms with Crippen LogP contribution in [0.2, 0.25) is 0 Å². The van der Waals surface area contributed by atoms with Gasteiger partial charge in [-0.05, 0) is 17.7 Å². The lowest BCUT2D eigenvalue weighted by Crippen LogP contribution is -2.60. The highest BCUT2D eigenvalue weighted by Gasteiger charge is 2.70. The zero-order valence-electron chi connectivity index (χ0n) is 14.9. The number of phenols is 1. The summed E-state index contributed by atoms with van der Waals surface area (Å²) in [5.74, 6) is -0.548. The molecule has 3 aliphatic rings. The second-order valence-electron chi connectivity index (χ2n) is 7.96. The van der Waals surface area contributed by atoms with Crippen molar-refractivity contribution in [3.63, 3.8) is 0 Å². The molecular weight excluding hydrogens is 322 g/mol. The smallest absolute Gasteiger partial charge is 0.316 e. The minimum absolute atomic E-state index is 0.0541. The molecule has 0 amide bonds. The van der Waals surface area contributed by atoms with Crippen molar-refractivity contribution in [2.75, 3.05) is 27.8 Å². The molecule has 2 bridgehead atoms. The fourth-order valence-corrected chi connectivity index (χ4v) is 4.72. The normalized spacial score (nSPS) is 35.7. The zero-order chi connectivity index (χ0) is 17.8. The minimum Gasteiger partial charge on any atom is -0.508 e.